The highest BCUT2D eigenvalue weighted by molar-refractivity contribution is 6.63. The van der Waals surface area contributed by atoms with Crippen molar-refractivity contribution in [2.24, 2.45) is 4.99 Å². The molecule has 0 N–H and O–H groups in total. The maximum Gasteiger partial charge on any atom is 0.417 e. The van der Waals surface area contributed by atoms with Gasteiger partial charge in [0.15, 0.2) is 0 Å². The molecule has 3 nitrogen and oxygen atoms in total. The predicted molar refractivity (Wildman–Crippen MR) is 63.6 cm³/mol. The summed E-state index contributed by atoms with van der Waals surface area (Å²) in [5.41, 5.74) is -0.761. The first-order valence-corrected chi connectivity index (χ1v) is 5.30. The molecule has 1 aromatic carbocycles. The second-order valence-electron chi connectivity index (χ2n) is 3.27. The van der Waals surface area contributed by atoms with E-state index in [1.54, 1.807) is 0 Å². The fourth-order valence-corrected chi connectivity index (χ4v) is 1.34. The fourth-order valence-electron chi connectivity index (χ4n) is 1.01. The maximum absolute atomic E-state index is 12.4. The van der Waals surface area contributed by atoms with Crippen LogP contribution in [-0.4, -0.2) is 23.7 Å². The normalized spacial score (nSPS) is 11.9. The van der Waals surface area contributed by atoms with Crippen molar-refractivity contribution in [2.75, 3.05) is 7.05 Å². The number of aliphatic imine (C=N–C) groups is 1. The molecule has 0 bridgehead atoms. The maximum atomic E-state index is 12.4. The standard InChI is InChI=1S/C10H7Cl2F3N2O/c1-17(9(12)18)5-16-6-2-3-7(8(11)4-6)10(13,14)15/h2-5H,1H3. The molecule has 8 heteroatoms. The Labute approximate surface area is 111 Å². The largest absolute Gasteiger partial charge is 0.417 e. The summed E-state index contributed by atoms with van der Waals surface area (Å²) in [6, 6.07) is 3.00. The minimum Gasteiger partial charge on any atom is -0.292 e. The van der Waals surface area contributed by atoms with Crippen LogP contribution in [0.4, 0.5) is 23.7 Å². The van der Waals surface area contributed by atoms with Crippen LogP contribution < -0.4 is 0 Å². The minimum absolute atomic E-state index is 0.178. The van der Waals surface area contributed by atoms with Crippen LogP contribution in [0.5, 0.6) is 0 Å². The van der Waals surface area contributed by atoms with Gasteiger partial charge in [-0.2, -0.15) is 13.2 Å². The van der Waals surface area contributed by atoms with Gasteiger partial charge in [0.2, 0.25) is 0 Å². The molecule has 0 aliphatic carbocycles. The molecule has 1 rings (SSSR count). The number of halogens is 5. The zero-order chi connectivity index (χ0) is 13.9. The molecule has 0 spiro atoms. The second kappa shape index (κ2) is 5.58. The number of nitrogens with zero attached hydrogens (tertiary/aromatic N) is 2. The third kappa shape index (κ3) is 3.89. The van der Waals surface area contributed by atoms with E-state index in [-0.39, 0.29) is 5.69 Å². The molecule has 0 fully saturated rings. The van der Waals surface area contributed by atoms with Gasteiger partial charge in [0.1, 0.15) is 0 Å². The molecule has 0 aliphatic heterocycles. The van der Waals surface area contributed by atoms with Crippen molar-refractivity contribution in [1.29, 1.82) is 0 Å². The Morgan fingerprint density at radius 3 is 2.50 bits per heavy atom. The number of hydrogen-bond acceptors (Lipinski definition) is 2. The zero-order valence-corrected chi connectivity index (χ0v) is 10.5. The summed E-state index contributed by atoms with van der Waals surface area (Å²) in [4.78, 5) is 15.4. The Balaban J connectivity index is 2.96. The molecule has 1 aromatic rings. The Kier molecular flexibility index (Phi) is 4.59. The van der Waals surface area contributed by atoms with Crippen molar-refractivity contribution in [3.63, 3.8) is 0 Å². The Morgan fingerprint density at radius 2 is 2.06 bits per heavy atom. The molecule has 0 heterocycles. The van der Waals surface area contributed by atoms with Crippen LogP contribution in [0, 0.1) is 0 Å². The second-order valence-corrected chi connectivity index (χ2v) is 4.00. The van der Waals surface area contributed by atoms with E-state index in [2.05, 4.69) is 4.99 Å². The summed E-state index contributed by atoms with van der Waals surface area (Å²) in [6.45, 7) is 0. The summed E-state index contributed by atoms with van der Waals surface area (Å²) in [5.74, 6) is 0. The number of carbonyl (C=O) groups excluding carboxylic acids is 1. The average Bonchev–Trinajstić information content (AvgIpc) is 2.23. The third-order valence-electron chi connectivity index (χ3n) is 1.92. The molecule has 0 saturated heterocycles. The average molecular weight is 299 g/mol. The van der Waals surface area contributed by atoms with Crippen LogP contribution in [0.3, 0.4) is 0 Å². The monoisotopic (exact) mass is 298 g/mol. The molecule has 98 valence electrons. The van der Waals surface area contributed by atoms with Crippen molar-refractivity contribution >= 4 is 40.6 Å². The van der Waals surface area contributed by atoms with Gasteiger partial charge < -0.3 is 0 Å². The molecule has 0 aliphatic rings. The lowest BCUT2D eigenvalue weighted by atomic mass is 10.2. The van der Waals surface area contributed by atoms with Crippen LogP contribution in [0.25, 0.3) is 0 Å². The van der Waals surface area contributed by atoms with Crippen LogP contribution in [-0.2, 0) is 6.18 Å². The first kappa shape index (κ1) is 14.8. The summed E-state index contributed by atoms with van der Waals surface area (Å²) < 4.78 is 37.2. The molecule has 0 saturated carbocycles. The Hall–Kier alpha value is -1.27. The van der Waals surface area contributed by atoms with Crippen molar-refractivity contribution in [3.05, 3.63) is 28.8 Å². The van der Waals surface area contributed by atoms with E-state index in [0.717, 1.165) is 29.4 Å². The van der Waals surface area contributed by atoms with Gasteiger partial charge in [0, 0.05) is 7.05 Å². The molecule has 0 aromatic heterocycles. The molecular formula is C10H7Cl2F3N2O. The fraction of sp³-hybridized carbons (Fsp3) is 0.200. The molecule has 0 radical (unpaired) electrons. The predicted octanol–water partition coefficient (Wildman–Crippen LogP) is 4.31. The number of alkyl halides is 3. The van der Waals surface area contributed by atoms with Crippen molar-refractivity contribution in [3.8, 4) is 0 Å². The van der Waals surface area contributed by atoms with Gasteiger partial charge >= 0.3 is 11.5 Å². The smallest absolute Gasteiger partial charge is 0.292 e. The Bertz CT molecular complexity index is 489. The first-order valence-electron chi connectivity index (χ1n) is 4.55. The van der Waals surface area contributed by atoms with E-state index < -0.39 is 22.1 Å². The van der Waals surface area contributed by atoms with E-state index in [9.17, 15) is 18.0 Å². The molecule has 18 heavy (non-hydrogen) atoms. The number of carbonyl (C=O) groups is 1. The summed E-state index contributed by atoms with van der Waals surface area (Å²) in [7, 11) is 1.35. The van der Waals surface area contributed by atoms with E-state index >= 15 is 0 Å². The van der Waals surface area contributed by atoms with Gasteiger partial charge in [-0.1, -0.05) is 11.6 Å². The highest BCUT2D eigenvalue weighted by Gasteiger charge is 2.32. The van der Waals surface area contributed by atoms with Crippen LogP contribution >= 0.6 is 23.2 Å². The van der Waals surface area contributed by atoms with Gasteiger partial charge in [-0.25, -0.2) is 4.99 Å². The summed E-state index contributed by atoms with van der Waals surface area (Å²) in [6.07, 6.45) is -3.43. The quantitative estimate of drug-likeness (QED) is 0.346. The van der Waals surface area contributed by atoms with E-state index in [4.69, 9.17) is 23.2 Å². The van der Waals surface area contributed by atoms with Crippen LogP contribution in [0.15, 0.2) is 23.2 Å². The van der Waals surface area contributed by atoms with Gasteiger partial charge in [-0.05, 0) is 29.8 Å². The van der Waals surface area contributed by atoms with E-state index in [1.807, 2.05) is 0 Å². The highest BCUT2D eigenvalue weighted by atomic mass is 35.5. The van der Waals surface area contributed by atoms with Gasteiger partial charge in [-0.15, -0.1) is 0 Å². The van der Waals surface area contributed by atoms with Gasteiger partial charge in [-0.3, -0.25) is 9.69 Å². The molecule has 1 amide bonds. The molecule has 0 atom stereocenters. The third-order valence-corrected chi connectivity index (χ3v) is 2.49. The zero-order valence-electron chi connectivity index (χ0n) is 9.00. The lowest BCUT2D eigenvalue weighted by Crippen LogP contribution is -2.18. The Morgan fingerprint density at radius 1 is 1.44 bits per heavy atom. The molecular weight excluding hydrogens is 292 g/mol. The van der Waals surface area contributed by atoms with Crippen LogP contribution in [0.1, 0.15) is 5.56 Å². The number of rotatable bonds is 2. The van der Waals surface area contributed by atoms with Crippen LogP contribution in [0.2, 0.25) is 5.02 Å². The van der Waals surface area contributed by atoms with Gasteiger partial charge in [0.25, 0.3) is 0 Å². The number of amides is 1. The lowest BCUT2D eigenvalue weighted by Gasteiger charge is -2.09. The van der Waals surface area contributed by atoms with Crippen molar-refractivity contribution in [1.82, 2.24) is 4.90 Å². The SMILES string of the molecule is CN(C=Nc1ccc(C(F)(F)F)c(Cl)c1)C(=O)Cl. The van der Waals surface area contributed by atoms with Gasteiger partial charge in [0.05, 0.1) is 22.6 Å². The first-order chi connectivity index (χ1) is 8.21. The summed E-state index contributed by atoms with van der Waals surface area (Å²) in [5, 5.41) is -1.23. The minimum atomic E-state index is -4.51. The van der Waals surface area contributed by atoms with Crippen molar-refractivity contribution < 1.29 is 18.0 Å². The molecule has 0 unspecified atom stereocenters. The highest BCUT2D eigenvalue weighted by Crippen LogP contribution is 2.36. The number of hydrogen-bond donors (Lipinski definition) is 0. The summed E-state index contributed by atoms with van der Waals surface area (Å²) >= 11 is 10.6. The topological polar surface area (TPSA) is 32.7 Å². The van der Waals surface area contributed by atoms with E-state index in [0.29, 0.717) is 0 Å². The lowest BCUT2D eigenvalue weighted by molar-refractivity contribution is -0.137. The van der Waals surface area contributed by atoms with Crippen molar-refractivity contribution in [2.45, 2.75) is 6.18 Å². The van der Waals surface area contributed by atoms with E-state index in [1.165, 1.54) is 7.05 Å². The number of benzene rings is 1.